The van der Waals surface area contributed by atoms with Crippen molar-refractivity contribution < 1.29 is 9.47 Å². The molecule has 3 rings (SSSR count). The monoisotopic (exact) mass is 392 g/mol. The van der Waals surface area contributed by atoms with Crippen molar-refractivity contribution in [3.8, 4) is 11.5 Å². The Balaban J connectivity index is 1.86. The van der Waals surface area contributed by atoms with Gasteiger partial charge in [-0.25, -0.2) is 4.98 Å². The Labute approximate surface area is 161 Å². The highest BCUT2D eigenvalue weighted by Gasteiger charge is 2.16. The van der Waals surface area contributed by atoms with E-state index in [1.165, 1.54) is 0 Å². The van der Waals surface area contributed by atoms with Crippen molar-refractivity contribution in [2.24, 2.45) is 0 Å². The van der Waals surface area contributed by atoms with Crippen molar-refractivity contribution in [3.05, 3.63) is 57.0 Å². The van der Waals surface area contributed by atoms with Gasteiger partial charge in [0.05, 0.1) is 19.9 Å². The summed E-state index contributed by atoms with van der Waals surface area (Å²) in [6.07, 6.45) is 8.16. The Morgan fingerprint density at radius 3 is 2.81 bits per heavy atom. The summed E-state index contributed by atoms with van der Waals surface area (Å²) in [4.78, 5) is 19.6. The van der Waals surface area contributed by atoms with Crippen LogP contribution >= 0.6 is 23.4 Å². The fourth-order valence-corrected chi connectivity index (χ4v) is 4.09. The molecule has 138 valence electrons. The fourth-order valence-electron chi connectivity index (χ4n) is 2.86. The minimum absolute atomic E-state index is 0.128. The lowest BCUT2D eigenvalue weighted by molar-refractivity contribution is 0.354. The smallest absolute Gasteiger partial charge is 0.270 e. The van der Waals surface area contributed by atoms with Crippen molar-refractivity contribution in [2.75, 3.05) is 14.2 Å². The molecule has 1 aromatic carbocycles. The zero-order chi connectivity index (χ0) is 18.5. The molecule has 1 aromatic heterocycles. The second-order valence-corrected chi connectivity index (χ2v) is 7.62. The van der Waals surface area contributed by atoms with Gasteiger partial charge >= 0.3 is 0 Å². The molecule has 5 nitrogen and oxygen atoms in total. The van der Waals surface area contributed by atoms with Gasteiger partial charge in [-0.1, -0.05) is 41.6 Å². The Morgan fingerprint density at radius 1 is 1.31 bits per heavy atom. The van der Waals surface area contributed by atoms with Crippen LogP contribution in [0.25, 0.3) is 0 Å². The Hall–Kier alpha value is -1.92. The molecule has 0 aliphatic heterocycles. The molecule has 2 aromatic rings. The highest BCUT2D eigenvalue weighted by molar-refractivity contribution is 7.99. The Morgan fingerprint density at radius 2 is 2.12 bits per heavy atom. The summed E-state index contributed by atoms with van der Waals surface area (Å²) in [6.45, 7) is 0. The molecule has 0 saturated carbocycles. The second-order valence-electron chi connectivity index (χ2n) is 6.01. The first kappa shape index (κ1) is 18.9. The number of rotatable bonds is 6. The van der Waals surface area contributed by atoms with Crippen molar-refractivity contribution in [3.63, 3.8) is 0 Å². The van der Waals surface area contributed by atoms with E-state index < -0.39 is 0 Å². The van der Waals surface area contributed by atoms with Gasteiger partial charge in [-0.15, -0.1) is 0 Å². The molecule has 1 heterocycles. The number of aromatic amines is 1. The van der Waals surface area contributed by atoms with Crippen LogP contribution in [-0.4, -0.2) is 29.4 Å². The van der Waals surface area contributed by atoms with Gasteiger partial charge in [-0.05, 0) is 37.0 Å². The molecule has 0 fully saturated rings. The maximum atomic E-state index is 12.2. The summed E-state index contributed by atoms with van der Waals surface area (Å²) in [5.74, 6) is 1.29. The van der Waals surface area contributed by atoms with Crippen molar-refractivity contribution >= 4 is 23.4 Å². The van der Waals surface area contributed by atoms with Crippen molar-refractivity contribution in [2.45, 2.75) is 36.1 Å². The number of hydrogen-bond donors (Lipinski definition) is 1. The van der Waals surface area contributed by atoms with E-state index >= 15 is 0 Å². The Kier molecular flexibility index (Phi) is 6.27. The third kappa shape index (κ3) is 4.43. The number of allylic oxidation sites excluding steroid dienone is 1. The summed E-state index contributed by atoms with van der Waals surface area (Å²) >= 11 is 7.77. The number of hydrogen-bond acceptors (Lipinski definition) is 5. The van der Waals surface area contributed by atoms with Gasteiger partial charge in [-0.3, -0.25) is 4.79 Å². The Bertz CT molecular complexity index is 866. The van der Waals surface area contributed by atoms with Crippen LogP contribution in [0, 0.1) is 0 Å². The van der Waals surface area contributed by atoms with E-state index in [4.69, 9.17) is 21.1 Å². The molecular formula is C19H21ClN2O3S. The summed E-state index contributed by atoms with van der Waals surface area (Å²) in [6, 6.07) is 5.61. The highest BCUT2D eigenvalue weighted by Crippen LogP contribution is 2.30. The average Bonchev–Trinajstić information content (AvgIpc) is 2.66. The maximum Gasteiger partial charge on any atom is 0.270 e. The number of nitrogens with one attached hydrogen (secondary N) is 1. The third-order valence-electron chi connectivity index (χ3n) is 4.20. The number of thioether (sulfide) groups is 1. The quantitative estimate of drug-likeness (QED) is 0.588. The molecule has 0 spiro atoms. The summed E-state index contributed by atoms with van der Waals surface area (Å²) in [7, 11) is 3.18. The van der Waals surface area contributed by atoms with E-state index in [2.05, 4.69) is 22.1 Å². The van der Waals surface area contributed by atoms with Gasteiger partial charge < -0.3 is 14.5 Å². The first-order chi connectivity index (χ1) is 12.6. The van der Waals surface area contributed by atoms with E-state index in [9.17, 15) is 4.79 Å². The largest absolute Gasteiger partial charge is 0.493 e. The molecule has 26 heavy (non-hydrogen) atoms. The molecule has 7 heteroatoms. The highest BCUT2D eigenvalue weighted by atomic mass is 35.5. The molecule has 0 radical (unpaired) electrons. The molecule has 1 atom stereocenters. The first-order valence-electron chi connectivity index (χ1n) is 8.43. The second kappa shape index (κ2) is 8.64. The van der Waals surface area contributed by atoms with Gasteiger partial charge in [-0.2, -0.15) is 0 Å². The number of nitrogens with zero attached hydrogens (tertiary/aromatic N) is 1. The zero-order valence-corrected chi connectivity index (χ0v) is 16.3. The van der Waals surface area contributed by atoms with E-state index in [0.29, 0.717) is 34.0 Å². The van der Waals surface area contributed by atoms with E-state index in [1.54, 1.807) is 26.0 Å². The van der Waals surface area contributed by atoms with Crippen LogP contribution in [0.1, 0.15) is 30.5 Å². The van der Waals surface area contributed by atoms with Crippen molar-refractivity contribution in [1.29, 1.82) is 0 Å². The van der Waals surface area contributed by atoms with Gasteiger partial charge in [0, 0.05) is 11.7 Å². The molecule has 1 N–H and O–H groups in total. The number of benzene rings is 1. The van der Waals surface area contributed by atoms with Crippen LogP contribution in [0.3, 0.4) is 0 Å². The predicted molar refractivity (Wildman–Crippen MR) is 105 cm³/mol. The van der Waals surface area contributed by atoms with Crippen LogP contribution in [0.5, 0.6) is 11.5 Å². The third-order valence-corrected chi connectivity index (χ3v) is 5.70. The first-order valence-corrected chi connectivity index (χ1v) is 9.69. The number of ether oxygens (including phenoxy) is 2. The zero-order valence-electron chi connectivity index (χ0n) is 14.8. The summed E-state index contributed by atoms with van der Waals surface area (Å²) < 4.78 is 10.6. The molecule has 1 aliphatic rings. The minimum atomic E-state index is -0.306. The standard InChI is InChI=1S/C19H21ClN2O3S/c1-24-15-9-8-12(11-16(15)25-2)10-14-17(20)18(23)22-19(21-14)26-13-6-4-3-5-7-13/h4,6,8-9,11,13H,3,5,7,10H2,1-2H3,(H,21,22,23). The lowest BCUT2D eigenvalue weighted by atomic mass is 10.1. The van der Waals surface area contributed by atoms with Crippen LogP contribution in [0.2, 0.25) is 5.02 Å². The molecular weight excluding hydrogens is 372 g/mol. The minimum Gasteiger partial charge on any atom is -0.493 e. The molecule has 0 saturated heterocycles. The maximum absolute atomic E-state index is 12.2. The molecule has 0 bridgehead atoms. The number of aromatic nitrogens is 2. The summed E-state index contributed by atoms with van der Waals surface area (Å²) in [5, 5.41) is 1.07. The fraction of sp³-hybridized carbons (Fsp3) is 0.368. The SMILES string of the molecule is COc1ccc(Cc2nc(SC3C=CCCC3)[nH]c(=O)c2Cl)cc1OC. The van der Waals surface area contributed by atoms with Gasteiger partial charge in [0.1, 0.15) is 5.02 Å². The number of methoxy groups -OCH3 is 2. The topological polar surface area (TPSA) is 64.2 Å². The van der Waals surface area contributed by atoms with Crippen LogP contribution in [0.15, 0.2) is 40.3 Å². The van der Waals surface area contributed by atoms with Crippen LogP contribution < -0.4 is 15.0 Å². The lowest BCUT2D eigenvalue weighted by Crippen LogP contribution is -2.15. The van der Waals surface area contributed by atoms with Crippen LogP contribution in [0.4, 0.5) is 0 Å². The summed E-state index contributed by atoms with van der Waals surface area (Å²) in [5.41, 5.74) is 1.19. The predicted octanol–water partition coefficient (Wildman–Crippen LogP) is 4.23. The van der Waals surface area contributed by atoms with E-state index in [1.807, 2.05) is 18.2 Å². The number of H-pyrrole nitrogens is 1. The molecule has 0 amide bonds. The normalized spacial score (nSPS) is 16.5. The van der Waals surface area contributed by atoms with Gasteiger partial charge in [0.25, 0.3) is 5.56 Å². The van der Waals surface area contributed by atoms with E-state index in [0.717, 1.165) is 24.8 Å². The van der Waals surface area contributed by atoms with E-state index in [-0.39, 0.29) is 10.6 Å². The van der Waals surface area contributed by atoms with Gasteiger partial charge in [0.2, 0.25) is 0 Å². The molecule has 1 aliphatic carbocycles. The van der Waals surface area contributed by atoms with Crippen LogP contribution in [-0.2, 0) is 6.42 Å². The lowest BCUT2D eigenvalue weighted by Gasteiger charge is -2.15. The van der Waals surface area contributed by atoms with Crippen molar-refractivity contribution in [1.82, 2.24) is 9.97 Å². The van der Waals surface area contributed by atoms with Gasteiger partial charge in [0.15, 0.2) is 16.7 Å². The number of halogens is 1. The average molecular weight is 393 g/mol. The molecule has 1 unspecified atom stereocenters.